The topological polar surface area (TPSA) is 55.3 Å². The number of nitrogens with one attached hydrogen (secondary N) is 2. The van der Waals surface area contributed by atoms with Crippen LogP contribution in [0.3, 0.4) is 0 Å². The number of ether oxygens (including phenoxy) is 1. The summed E-state index contributed by atoms with van der Waals surface area (Å²) in [6.07, 6.45) is 2.78. The first-order valence-corrected chi connectivity index (χ1v) is 7.88. The summed E-state index contributed by atoms with van der Waals surface area (Å²) in [5, 5.41) is 6.85. The van der Waals surface area contributed by atoms with Gasteiger partial charge in [-0.2, -0.15) is 0 Å². The molecule has 0 saturated carbocycles. The van der Waals surface area contributed by atoms with Gasteiger partial charge in [0.25, 0.3) is 0 Å². The van der Waals surface area contributed by atoms with Crippen LogP contribution in [0.5, 0.6) is 5.75 Å². The molecule has 1 heterocycles. The number of anilines is 1. The highest BCUT2D eigenvalue weighted by atomic mass is 16.5. The highest BCUT2D eigenvalue weighted by molar-refractivity contribution is 5.92. The number of amides is 2. The summed E-state index contributed by atoms with van der Waals surface area (Å²) < 4.78 is 7.18. The molecular weight excluding hydrogens is 302 g/mol. The molecule has 1 aromatic heterocycles. The average molecular weight is 323 g/mol. The summed E-state index contributed by atoms with van der Waals surface area (Å²) in [5.41, 5.74) is 3.08. The zero-order valence-electron chi connectivity index (χ0n) is 13.9. The fourth-order valence-electron chi connectivity index (χ4n) is 2.65. The highest BCUT2D eigenvalue weighted by Crippen LogP contribution is 2.19. The van der Waals surface area contributed by atoms with Gasteiger partial charge in [-0.1, -0.05) is 12.1 Å². The maximum absolute atomic E-state index is 12.0. The van der Waals surface area contributed by atoms with Crippen LogP contribution in [0.4, 0.5) is 10.5 Å². The Balaban J connectivity index is 1.50. The molecular formula is C19H21N3O2. The second kappa shape index (κ2) is 7.08. The summed E-state index contributed by atoms with van der Waals surface area (Å²) in [7, 11) is 3.65. The van der Waals surface area contributed by atoms with Crippen molar-refractivity contribution in [3.8, 4) is 5.75 Å². The Morgan fingerprint density at radius 2 is 1.92 bits per heavy atom. The van der Waals surface area contributed by atoms with Gasteiger partial charge in [0.2, 0.25) is 0 Å². The zero-order chi connectivity index (χ0) is 16.9. The molecule has 3 rings (SSSR count). The summed E-state index contributed by atoms with van der Waals surface area (Å²) in [6.45, 7) is 0.575. The van der Waals surface area contributed by atoms with Gasteiger partial charge in [-0.15, -0.1) is 0 Å². The van der Waals surface area contributed by atoms with Crippen molar-refractivity contribution in [2.75, 3.05) is 19.0 Å². The maximum Gasteiger partial charge on any atom is 0.319 e. The lowest BCUT2D eigenvalue weighted by Gasteiger charge is -2.08. The summed E-state index contributed by atoms with van der Waals surface area (Å²) in [5.74, 6) is 0.834. The number of hydrogen-bond acceptors (Lipinski definition) is 2. The van der Waals surface area contributed by atoms with E-state index >= 15 is 0 Å². The number of benzene rings is 2. The lowest BCUT2D eigenvalue weighted by molar-refractivity contribution is 0.252. The van der Waals surface area contributed by atoms with Crippen LogP contribution in [0, 0.1) is 0 Å². The molecule has 0 aliphatic carbocycles. The minimum atomic E-state index is -0.196. The third-order valence-electron chi connectivity index (χ3n) is 4.00. The normalized spacial score (nSPS) is 10.6. The van der Waals surface area contributed by atoms with Crippen molar-refractivity contribution in [1.82, 2.24) is 9.88 Å². The SMILES string of the molecule is COc1ccc(CCNC(=O)Nc2ccc3c(ccn3C)c2)cc1. The standard InChI is InChI=1S/C19H21N3O2/c1-22-12-10-15-13-16(5-8-18(15)22)21-19(23)20-11-9-14-3-6-17(24-2)7-4-14/h3-8,10,12-13H,9,11H2,1-2H3,(H2,20,21,23). The van der Waals surface area contributed by atoms with Crippen LogP contribution in [0.15, 0.2) is 54.7 Å². The van der Waals surface area contributed by atoms with E-state index in [0.717, 1.165) is 34.3 Å². The molecule has 2 N–H and O–H groups in total. The first kappa shape index (κ1) is 15.9. The van der Waals surface area contributed by atoms with Crippen molar-refractivity contribution < 1.29 is 9.53 Å². The van der Waals surface area contributed by atoms with Crippen LogP contribution in [-0.4, -0.2) is 24.3 Å². The molecule has 0 bridgehead atoms. The van der Waals surface area contributed by atoms with E-state index in [1.54, 1.807) is 7.11 Å². The molecule has 24 heavy (non-hydrogen) atoms. The molecule has 0 atom stereocenters. The van der Waals surface area contributed by atoms with E-state index < -0.39 is 0 Å². The molecule has 124 valence electrons. The maximum atomic E-state index is 12.0. The average Bonchev–Trinajstić information content (AvgIpc) is 2.96. The van der Waals surface area contributed by atoms with Crippen molar-refractivity contribution >= 4 is 22.6 Å². The lowest BCUT2D eigenvalue weighted by Crippen LogP contribution is -2.30. The van der Waals surface area contributed by atoms with E-state index in [2.05, 4.69) is 10.6 Å². The molecule has 0 aliphatic heterocycles. The third-order valence-corrected chi connectivity index (χ3v) is 4.00. The van der Waals surface area contributed by atoms with E-state index in [4.69, 9.17) is 4.74 Å². The van der Waals surface area contributed by atoms with Gasteiger partial charge in [-0.25, -0.2) is 4.79 Å². The van der Waals surface area contributed by atoms with Gasteiger partial charge in [0.05, 0.1) is 7.11 Å². The lowest BCUT2D eigenvalue weighted by atomic mass is 10.1. The molecule has 0 saturated heterocycles. The van der Waals surface area contributed by atoms with Crippen LogP contribution in [0.1, 0.15) is 5.56 Å². The van der Waals surface area contributed by atoms with E-state index in [1.807, 2.05) is 66.3 Å². The van der Waals surface area contributed by atoms with Crippen LogP contribution < -0.4 is 15.4 Å². The number of aryl methyl sites for hydroxylation is 1. The fourth-order valence-corrected chi connectivity index (χ4v) is 2.65. The predicted molar refractivity (Wildman–Crippen MR) is 96.6 cm³/mol. The number of hydrogen-bond donors (Lipinski definition) is 2. The van der Waals surface area contributed by atoms with E-state index in [1.165, 1.54) is 0 Å². The minimum Gasteiger partial charge on any atom is -0.497 e. The second-order valence-electron chi connectivity index (χ2n) is 5.68. The van der Waals surface area contributed by atoms with E-state index in [0.29, 0.717) is 6.54 Å². The minimum absolute atomic E-state index is 0.196. The Kier molecular flexibility index (Phi) is 4.70. The number of carbonyl (C=O) groups is 1. The first-order valence-electron chi connectivity index (χ1n) is 7.88. The van der Waals surface area contributed by atoms with Crippen molar-refractivity contribution in [2.24, 2.45) is 7.05 Å². The highest BCUT2D eigenvalue weighted by Gasteiger charge is 2.04. The van der Waals surface area contributed by atoms with Gasteiger partial charge in [0, 0.05) is 36.4 Å². The smallest absolute Gasteiger partial charge is 0.319 e. The third kappa shape index (κ3) is 3.68. The number of aromatic nitrogens is 1. The Labute approximate surface area is 141 Å². The van der Waals surface area contributed by atoms with Gasteiger partial charge in [-0.3, -0.25) is 0 Å². The Hall–Kier alpha value is -2.95. The molecule has 5 nitrogen and oxygen atoms in total. The van der Waals surface area contributed by atoms with Crippen LogP contribution in [0.2, 0.25) is 0 Å². The van der Waals surface area contributed by atoms with Gasteiger partial charge < -0.3 is 19.9 Å². The molecule has 5 heteroatoms. The molecule has 0 radical (unpaired) electrons. The number of carbonyl (C=O) groups excluding carboxylic acids is 1. The molecule has 0 spiro atoms. The number of urea groups is 1. The van der Waals surface area contributed by atoms with Gasteiger partial charge >= 0.3 is 6.03 Å². The quantitative estimate of drug-likeness (QED) is 0.754. The van der Waals surface area contributed by atoms with Gasteiger partial charge in [0.1, 0.15) is 5.75 Å². The number of nitrogens with zero attached hydrogens (tertiary/aromatic N) is 1. The predicted octanol–water partition coefficient (Wildman–Crippen LogP) is 3.55. The molecule has 0 fully saturated rings. The Morgan fingerprint density at radius 1 is 1.12 bits per heavy atom. The first-order chi connectivity index (χ1) is 11.7. The summed E-state index contributed by atoms with van der Waals surface area (Å²) >= 11 is 0. The second-order valence-corrected chi connectivity index (χ2v) is 5.68. The van der Waals surface area contributed by atoms with Crippen LogP contribution >= 0.6 is 0 Å². The van der Waals surface area contributed by atoms with Crippen molar-refractivity contribution in [3.05, 3.63) is 60.3 Å². The van der Waals surface area contributed by atoms with Gasteiger partial charge in [-0.05, 0) is 48.4 Å². The molecule has 2 aromatic carbocycles. The molecule has 2 amide bonds. The molecule has 0 unspecified atom stereocenters. The number of methoxy groups -OCH3 is 1. The summed E-state index contributed by atoms with van der Waals surface area (Å²) in [6, 6.07) is 15.6. The number of rotatable bonds is 5. The monoisotopic (exact) mass is 323 g/mol. The Morgan fingerprint density at radius 3 is 2.67 bits per heavy atom. The van der Waals surface area contributed by atoms with Gasteiger partial charge in [0.15, 0.2) is 0 Å². The Bertz CT molecular complexity index is 837. The van der Waals surface area contributed by atoms with E-state index in [-0.39, 0.29) is 6.03 Å². The van der Waals surface area contributed by atoms with Crippen molar-refractivity contribution in [1.29, 1.82) is 0 Å². The number of fused-ring (bicyclic) bond motifs is 1. The summed E-state index contributed by atoms with van der Waals surface area (Å²) in [4.78, 5) is 12.0. The molecule has 3 aromatic rings. The zero-order valence-corrected chi connectivity index (χ0v) is 13.9. The fraction of sp³-hybridized carbons (Fsp3) is 0.211. The van der Waals surface area contributed by atoms with Crippen molar-refractivity contribution in [2.45, 2.75) is 6.42 Å². The van der Waals surface area contributed by atoms with Crippen LogP contribution in [-0.2, 0) is 13.5 Å². The largest absolute Gasteiger partial charge is 0.497 e. The van der Waals surface area contributed by atoms with Crippen molar-refractivity contribution in [3.63, 3.8) is 0 Å². The van der Waals surface area contributed by atoms with E-state index in [9.17, 15) is 4.79 Å². The molecule has 0 aliphatic rings. The van der Waals surface area contributed by atoms with Crippen LogP contribution in [0.25, 0.3) is 10.9 Å².